The van der Waals surface area contributed by atoms with E-state index in [0.717, 1.165) is 25.1 Å². The first-order valence-electron chi connectivity index (χ1n) is 6.28. The molecule has 1 aliphatic heterocycles. The number of anilines is 1. The van der Waals surface area contributed by atoms with E-state index in [1.807, 2.05) is 19.9 Å². The zero-order valence-corrected chi connectivity index (χ0v) is 11.2. The van der Waals surface area contributed by atoms with Crippen LogP contribution < -0.4 is 5.73 Å². The van der Waals surface area contributed by atoms with Crippen LogP contribution in [0, 0.1) is 0 Å². The second kappa shape index (κ2) is 4.98. The van der Waals surface area contributed by atoms with Crippen molar-refractivity contribution in [1.82, 2.24) is 4.90 Å². The summed E-state index contributed by atoms with van der Waals surface area (Å²) in [5.41, 5.74) is 9.50. The Hall–Kier alpha value is -1.55. The highest BCUT2D eigenvalue weighted by atomic mass is 16.5. The zero-order chi connectivity index (χ0) is 13.3. The van der Waals surface area contributed by atoms with Gasteiger partial charge in [0.1, 0.15) is 0 Å². The number of esters is 1. The first-order chi connectivity index (χ1) is 8.49. The lowest BCUT2D eigenvalue weighted by Crippen LogP contribution is -2.28. The maximum atomic E-state index is 11.9. The van der Waals surface area contributed by atoms with Gasteiger partial charge in [-0.2, -0.15) is 0 Å². The number of likely N-dealkylation sites (N-methyl/N-ethyl adjacent to an activating group) is 1. The maximum Gasteiger partial charge on any atom is 0.340 e. The minimum atomic E-state index is -0.329. The van der Waals surface area contributed by atoms with Gasteiger partial charge < -0.3 is 15.4 Å². The molecule has 0 bridgehead atoms. The van der Waals surface area contributed by atoms with Crippen molar-refractivity contribution < 1.29 is 9.53 Å². The van der Waals surface area contributed by atoms with E-state index in [9.17, 15) is 4.79 Å². The molecule has 2 N–H and O–H groups in total. The van der Waals surface area contributed by atoms with Gasteiger partial charge in [0.05, 0.1) is 11.7 Å². The van der Waals surface area contributed by atoms with Gasteiger partial charge in [0, 0.05) is 18.8 Å². The minimum absolute atomic E-state index is 0.126. The Bertz CT molecular complexity index is 469. The quantitative estimate of drug-likeness (QED) is 0.640. The monoisotopic (exact) mass is 248 g/mol. The summed E-state index contributed by atoms with van der Waals surface area (Å²) in [7, 11) is 2.08. The van der Waals surface area contributed by atoms with Gasteiger partial charge in [-0.1, -0.05) is 6.07 Å². The molecule has 0 aliphatic carbocycles. The molecule has 1 aromatic carbocycles. The van der Waals surface area contributed by atoms with Crippen LogP contribution >= 0.6 is 0 Å². The van der Waals surface area contributed by atoms with Crippen LogP contribution in [0.1, 0.15) is 35.3 Å². The van der Waals surface area contributed by atoms with Gasteiger partial charge in [-0.05, 0) is 44.5 Å². The number of fused-ring (bicyclic) bond motifs is 1. The van der Waals surface area contributed by atoms with Crippen LogP contribution in [0.2, 0.25) is 0 Å². The van der Waals surface area contributed by atoms with Crippen LogP contribution in [0.15, 0.2) is 12.1 Å². The maximum absolute atomic E-state index is 11.9. The summed E-state index contributed by atoms with van der Waals surface area (Å²) < 4.78 is 5.20. The standard InChI is InChI=1S/C14H20N2O2/c1-9(2)18-14(17)12-5-4-10-8-16(3)7-6-11(10)13(12)15/h4-5,9H,6-8,15H2,1-3H3. The molecule has 0 fully saturated rings. The second-order valence-corrected chi connectivity index (χ2v) is 5.11. The van der Waals surface area contributed by atoms with E-state index in [4.69, 9.17) is 10.5 Å². The summed E-state index contributed by atoms with van der Waals surface area (Å²) in [6.45, 7) is 5.53. The van der Waals surface area contributed by atoms with Gasteiger partial charge in [-0.25, -0.2) is 4.79 Å². The number of nitrogen functional groups attached to an aromatic ring is 1. The van der Waals surface area contributed by atoms with Gasteiger partial charge in [0.25, 0.3) is 0 Å². The van der Waals surface area contributed by atoms with E-state index >= 15 is 0 Å². The predicted molar refractivity (Wildman–Crippen MR) is 71.4 cm³/mol. The molecule has 0 unspecified atom stereocenters. The number of hydrogen-bond acceptors (Lipinski definition) is 4. The highest BCUT2D eigenvalue weighted by Crippen LogP contribution is 2.27. The number of nitrogens with two attached hydrogens (primary N) is 1. The van der Waals surface area contributed by atoms with Gasteiger partial charge in [0.15, 0.2) is 0 Å². The Morgan fingerprint density at radius 3 is 2.83 bits per heavy atom. The molecule has 2 rings (SSSR count). The smallest absolute Gasteiger partial charge is 0.340 e. The summed E-state index contributed by atoms with van der Waals surface area (Å²) in [4.78, 5) is 14.2. The molecule has 0 aromatic heterocycles. The van der Waals surface area contributed by atoms with Gasteiger partial charge in [-0.3, -0.25) is 0 Å². The Kier molecular flexibility index (Phi) is 3.57. The number of hydrogen-bond donors (Lipinski definition) is 1. The van der Waals surface area contributed by atoms with Crippen molar-refractivity contribution in [2.24, 2.45) is 0 Å². The fourth-order valence-corrected chi connectivity index (χ4v) is 2.28. The van der Waals surface area contributed by atoms with Crippen LogP contribution in [-0.4, -0.2) is 30.6 Å². The molecule has 1 heterocycles. The lowest BCUT2D eigenvalue weighted by molar-refractivity contribution is 0.0379. The first kappa shape index (κ1) is 12.9. The van der Waals surface area contributed by atoms with Crippen LogP contribution in [0.4, 0.5) is 5.69 Å². The summed E-state index contributed by atoms with van der Waals surface area (Å²) in [6, 6.07) is 3.76. The lowest BCUT2D eigenvalue weighted by Gasteiger charge is -2.26. The average molecular weight is 248 g/mol. The highest BCUT2D eigenvalue weighted by Gasteiger charge is 2.21. The van der Waals surface area contributed by atoms with E-state index in [2.05, 4.69) is 11.9 Å². The molecule has 0 atom stereocenters. The van der Waals surface area contributed by atoms with Crippen molar-refractivity contribution in [2.45, 2.75) is 32.9 Å². The summed E-state index contributed by atoms with van der Waals surface area (Å²) in [5, 5.41) is 0. The third-order valence-corrected chi connectivity index (χ3v) is 3.20. The van der Waals surface area contributed by atoms with E-state index in [0.29, 0.717) is 11.3 Å². The van der Waals surface area contributed by atoms with Crippen molar-refractivity contribution >= 4 is 11.7 Å². The van der Waals surface area contributed by atoms with E-state index in [1.165, 1.54) is 5.56 Å². The third-order valence-electron chi connectivity index (χ3n) is 3.20. The molecule has 98 valence electrons. The third kappa shape index (κ3) is 2.48. The topological polar surface area (TPSA) is 55.6 Å². The van der Waals surface area contributed by atoms with Crippen LogP contribution in [-0.2, 0) is 17.7 Å². The fraction of sp³-hybridized carbons (Fsp3) is 0.500. The molecule has 1 aliphatic rings. The largest absolute Gasteiger partial charge is 0.459 e. The molecule has 0 amide bonds. The molecule has 4 heteroatoms. The number of nitrogens with zero attached hydrogens (tertiary/aromatic N) is 1. The van der Waals surface area contributed by atoms with Crippen molar-refractivity contribution in [3.05, 3.63) is 28.8 Å². The van der Waals surface area contributed by atoms with Gasteiger partial charge in [-0.15, -0.1) is 0 Å². The van der Waals surface area contributed by atoms with Crippen LogP contribution in [0.25, 0.3) is 0 Å². The highest BCUT2D eigenvalue weighted by molar-refractivity contribution is 5.96. The van der Waals surface area contributed by atoms with E-state index < -0.39 is 0 Å². The number of carbonyl (C=O) groups is 1. The summed E-state index contributed by atoms with van der Waals surface area (Å²) in [6.07, 6.45) is 0.763. The van der Waals surface area contributed by atoms with Crippen LogP contribution in [0.3, 0.4) is 0 Å². The Morgan fingerprint density at radius 2 is 2.17 bits per heavy atom. The normalized spacial score (nSPS) is 15.6. The Labute approximate surface area is 108 Å². The van der Waals surface area contributed by atoms with Gasteiger partial charge >= 0.3 is 5.97 Å². The molecule has 0 saturated heterocycles. The van der Waals surface area contributed by atoms with Crippen molar-refractivity contribution in [3.8, 4) is 0 Å². The number of benzene rings is 1. The number of carbonyl (C=O) groups excluding carboxylic acids is 1. The number of rotatable bonds is 2. The van der Waals surface area contributed by atoms with Crippen molar-refractivity contribution in [1.29, 1.82) is 0 Å². The fourth-order valence-electron chi connectivity index (χ4n) is 2.28. The minimum Gasteiger partial charge on any atom is -0.459 e. The summed E-state index contributed by atoms with van der Waals surface area (Å²) >= 11 is 0. The summed E-state index contributed by atoms with van der Waals surface area (Å²) in [5.74, 6) is -0.329. The van der Waals surface area contributed by atoms with Crippen LogP contribution in [0.5, 0.6) is 0 Å². The SMILES string of the molecule is CC(C)OC(=O)c1ccc2c(c1N)CCN(C)C2. The number of ether oxygens (including phenoxy) is 1. The Morgan fingerprint density at radius 1 is 1.44 bits per heavy atom. The first-order valence-corrected chi connectivity index (χ1v) is 6.28. The predicted octanol–water partition coefficient (Wildman–Crippen LogP) is 1.82. The molecule has 18 heavy (non-hydrogen) atoms. The molecule has 0 saturated carbocycles. The molecule has 0 spiro atoms. The zero-order valence-electron chi connectivity index (χ0n) is 11.2. The Balaban J connectivity index is 2.32. The van der Waals surface area contributed by atoms with E-state index in [-0.39, 0.29) is 12.1 Å². The van der Waals surface area contributed by atoms with Crippen molar-refractivity contribution in [2.75, 3.05) is 19.3 Å². The average Bonchev–Trinajstić information content (AvgIpc) is 2.27. The van der Waals surface area contributed by atoms with E-state index in [1.54, 1.807) is 6.07 Å². The molecule has 4 nitrogen and oxygen atoms in total. The molecule has 0 radical (unpaired) electrons. The molecule has 1 aromatic rings. The molecular weight excluding hydrogens is 228 g/mol. The lowest BCUT2D eigenvalue weighted by atomic mass is 9.95. The van der Waals surface area contributed by atoms with Crippen molar-refractivity contribution in [3.63, 3.8) is 0 Å². The van der Waals surface area contributed by atoms with Gasteiger partial charge in [0.2, 0.25) is 0 Å². The molecular formula is C14H20N2O2. The second-order valence-electron chi connectivity index (χ2n) is 5.11.